The van der Waals surface area contributed by atoms with Gasteiger partial charge >= 0.3 is 0 Å². The van der Waals surface area contributed by atoms with Gasteiger partial charge in [0.25, 0.3) is 0 Å². The minimum atomic E-state index is 0.141. The third kappa shape index (κ3) is 6.18. The standard InChI is InChI=1S/C24H34N4O2/c1-4-18(2)26-23(29)15-20-10-12-28(13-11-20)24(30)9-8-19-6-5-7-21(14-19)22-16-25-27(3)17-22/h5-7,14,16-18,20H,4,8-13,15H2,1-3H3,(H,26,29)/t18-/m1/s1. The molecular formula is C24H34N4O2. The van der Waals surface area contributed by atoms with Gasteiger partial charge in [0, 0.05) is 50.8 Å². The Balaban J connectivity index is 1.44. The Bertz CT molecular complexity index is 852. The van der Waals surface area contributed by atoms with E-state index in [9.17, 15) is 9.59 Å². The predicted octanol–water partition coefficient (Wildman–Crippen LogP) is 3.56. The van der Waals surface area contributed by atoms with Crippen LogP contribution in [0.2, 0.25) is 0 Å². The number of hydrogen-bond acceptors (Lipinski definition) is 3. The van der Waals surface area contributed by atoms with Crippen LogP contribution in [0.3, 0.4) is 0 Å². The Labute approximate surface area is 179 Å². The minimum absolute atomic E-state index is 0.141. The third-order valence-electron chi connectivity index (χ3n) is 6.05. The van der Waals surface area contributed by atoms with Crippen molar-refractivity contribution in [1.29, 1.82) is 0 Å². The molecule has 1 saturated heterocycles. The van der Waals surface area contributed by atoms with Crippen LogP contribution < -0.4 is 5.32 Å². The maximum absolute atomic E-state index is 12.7. The summed E-state index contributed by atoms with van der Waals surface area (Å²) in [4.78, 5) is 26.7. The fourth-order valence-corrected chi connectivity index (χ4v) is 3.97. The number of nitrogens with one attached hydrogen (secondary N) is 1. The molecule has 30 heavy (non-hydrogen) atoms. The van der Waals surface area contributed by atoms with Crippen molar-refractivity contribution in [2.45, 2.75) is 58.4 Å². The number of rotatable bonds is 8. The maximum atomic E-state index is 12.7. The number of nitrogens with zero attached hydrogens (tertiary/aromatic N) is 3. The van der Waals surface area contributed by atoms with E-state index in [4.69, 9.17) is 0 Å². The molecule has 1 aromatic carbocycles. The zero-order valence-electron chi connectivity index (χ0n) is 18.4. The van der Waals surface area contributed by atoms with Crippen LogP contribution in [0.5, 0.6) is 0 Å². The number of likely N-dealkylation sites (tertiary alicyclic amines) is 1. The summed E-state index contributed by atoms with van der Waals surface area (Å²) < 4.78 is 1.79. The van der Waals surface area contributed by atoms with Gasteiger partial charge in [0.05, 0.1) is 6.20 Å². The third-order valence-corrected chi connectivity index (χ3v) is 6.05. The van der Waals surface area contributed by atoms with Crippen LogP contribution in [0.15, 0.2) is 36.7 Å². The molecule has 0 bridgehead atoms. The number of carbonyl (C=O) groups is 2. The van der Waals surface area contributed by atoms with Crippen molar-refractivity contribution in [3.05, 3.63) is 42.2 Å². The van der Waals surface area contributed by atoms with E-state index in [2.05, 4.69) is 35.5 Å². The van der Waals surface area contributed by atoms with Crippen molar-refractivity contribution in [3.8, 4) is 11.1 Å². The first kappa shape index (κ1) is 22.1. The summed E-state index contributed by atoms with van der Waals surface area (Å²) in [6.45, 7) is 5.63. The zero-order chi connectivity index (χ0) is 21.5. The molecule has 1 fully saturated rings. The number of carbonyl (C=O) groups excluding carboxylic acids is 2. The second kappa shape index (κ2) is 10.4. The summed E-state index contributed by atoms with van der Waals surface area (Å²) in [7, 11) is 1.91. The lowest BCUT2D eigenvalue weighted by molar-refractivity contribution is -0.132. The molecule has 6 nitrogen and oxygen atoms in total. The number of amides is 2. The predicted molar refractivity (Wildman–Crippen MR) is 119 cm³/mol. The van der Waals surface area contributed by atoms with Crippen molar-refractivity contribution >= 4 is 11.8 Å². The molecule has 1 N–H and O–H groups in total. The maximum Gasteiger partial charge on any atom is 0.222 e. The quantitative estimate of drug-likeness (QED) is 0.723. The minimum Gasteiger partial charge on any atom is -0.354 e. The van der Waals surface area contributed by atoms with Crippen molar-refractivity contribution in [3.63, 3.8) is 0 Å². The van der Waals surface area contributed by atoms with Crippen molar-refractivity contribution < 1.29 is 9.59 Å². The Hall–Kier alpha value is -2.63. The molecule has 6 heteroatoms. The SMILES string of the molecule is CC[C@@H](C)NC(=O)CC1CCN(C(=O)CCc2cccc(-c3cnn(C)c3)c2)CC1. The number of hydrogen-bond donors (Lipinski definition) is 1. The van der Waals surface area contributed by atoms with Gasteiger partial charge in [-0.1, -0.05) is 31.2 Å². The van der Waals surface area contributed by atoms with Gasteiger partial charge in [-0.05, 0) is 49.7 Å². The Morgan fingerprint density at radius 3 is 2.67 bits per heavy atom. The van der Waals surface area contributed by atoms with Crippen LogP contribution >= 0.6 is 0 Å². The summed E-state index contributed by atoms with van der Waals surface area (Å²) in [6, 6.07) is 8.57. The molecule has 1 aromatic heterocycles. The summed E-state index contributed by atoms with van der Waals surface area (Å²) >= 11 is 0. The van der Waals surface area contributed by atoms with Crippen LogP contribution in [0.4, 0.5) is 0 Å². The molecule has 0 unspecified atom stereocenters. The lowest BCUT2D eigenvalue weighted by atomic mass is 9.92. The Morgan fingerprint density at radius 1 is 1.23 bits per heavy atom. The van der Waals surface area contributed by atoms with Crippen LogP contribution in [-0.2, 0) is 23.1 Å². The van der Waals surface area contributed by atoms with E-state index in [1.54, 1.807) is 4.68 Å². The largest absolute Gasteiger partial charge is 0.354 e. The van der Waals surface area contributed by atoms with Gasteiger partial charge in [-0.3, -0.25) is 14.3 Å². The average Bonchev–Trinajstić information content (AvgIpc) is 3.19. The smallest absolute Gasteiger partial charge is 0.222 e. The molecule has 0 radical (unpaired) electrons. The number of aromatic nitrogens is 2. The van der Waals surface area contributed by atoms with E-state index in [0.29, 0.717) is 18.8 Å². The molecule has 2 amide bonds. The van der Waals surface area contributed by atoms with Crippen molar-refractivity contribution in [2.75, 3.05) is 13.1 Å². The molecule has 3 rings (SSSR count). The van der Waals surface area contributed by atoms with Gasteiger partial charge in [0.2, 0.25) is 11.8 Å². The summed E-state index contributed by atoms with van der Waals surface area (Å²) in [5, 5.41) is 7.27. The molecule has 162 valence electrons. The van der Waals surface area contributed by atoms with E-state index >= 15 is 0 Å². The molecule has 0 aliphatic carbocycles. The molecule has 2 aromatic rings. The Kier molecular flexibility index (Phi) is 7.66. The topological polar surface area (TPSA) is 67.2 Å². The summed E-state index contributed by atoms with van der Waals surface area (Å²) in [6.07, 6.45) is 8.47. The van der Waals surface area contributed by atoms with Crippen molar-refractivity contribution in [1.82, 2.24) is 20.0 Å². The first-order valence-electron chi connectivity index (χ1n) is 11.1. The second-order valence-electron chi connectivity index (χ2n) is 8.51. The Morgan fingerprint density at radius 2 is 2.00 bits per heavy atom. The lowest BCUT2D eigenvalue weighted by Crippen LogP contribution is -2.40. The van der Waals surface area contributed by atoms with E-state index in [0.717, 1.165) is 49.9 Å². The van der Waals surface area contributed by atoms with Crippen LogP contribution in [0.25, 0.3) is 11.1 Å². The van der Waals surface area contributed by atoms with Gasteiger partial charge in [-0.15, -0.1) is 0 Å². The fourth-order valence-electron chi connectivity index (χ4n) is 3.97. The number of piperidine rings is 1. The summed E-state index contributed by atoms with van der Waals surface area (Å²) in [5.41, 5.74) is 3.39. The molecule has 1 aliphatic heterocycles. The molecule has 1 atom stereocenters. The monoisotopic (exact) mass is 410 g/mol. The van der Waals surface area contributed by atoms with Crippen molar-refractivity contribution in [2.24, 2.45) is 13.0 Å². The molecule has 1 aliphatic rings. The highest BCUT2D eigenvalue weighted by Gasteiger charge is 2.24. The van der Waals surface area contributed by atoms with Gasteiger partial charge in [0.1, 0.15) is 0 Å². The lowest BCUT2D eigenvalue weighted by Gasteiger charge is -2.32. The zero-order valence-corrected chi connectivity index (χ0v) is 18.4. The van der Waals surface area contributed by atoms with Crippen LogP contribution in [0.1, 0.15) is 51.5 Å². The fraction of sp³-hybridized carbons (Fsp3) is 0.542. The second-order valence-corrected chi connectivity index (χ2v) is 8.51. The molecule has 0 saturated carbocycles. The van der Waals surface area contributed by atoms with Crippen LogP contribution in [0, 0.1) is 5.92 Å². The van der Waals surface area contributed by atoms with E-state index in [1.807, 2.05) is 37.3 Å². The van der Waals surface area contributed by atoms with Gasteiger partial charge in [0.15, 0.2) is 0 Å². The van der Waals surface area contributed by atoms with E-state index in [1.165, 1.54) is 5.56 Å². The summed E-state index contributed by atoms with van der Waals surface area (Å²) in [5.74, 6) is 0.737. The molecule has 2 heterocycles. The van der Waals surface area contributed by atoms with E-state index < -0.39 is 0 Å². The van der Waals surface area contributed by atoms with Gasteiger partial charge < -0.3 is 10.2 Å². The highest BCUT2D eigenvalue weighted by Crippen LogP contribution is 2.23. The first-order chi connectivity index (χ1) is 14.4. The van der Waals surface area contributed by atoms with Crippen LogP contribution in [-0.4, -0.2) is 45.6 Å². The average molecular weight is 411 g/mol. The normalized spacial score (nSPS) is 15.8. The van der Waals surface area contributed by atoms with Gasteiger partial charge in [-0.2, -0.15) is 5.10 Å². The van der Waals surface area contributed by atoms with E-state index in [-0.39, 0.29) is 17.9 Å². The molecule has 0 spiro atoms. The number of benzene rings is 1. The highest BCUT2D eigenvalue weighted by molar-refractivity contribution is 5.77. The van der Waals surface area contributed by atoms with Gasteiger partial charge in [-0.25, -0.2) is 0 Å². The molecular weight excluding hydrogens is 376 g/mol. The highest BCUT2D eigenvalue weighted by atomic mass is 16.2. The first-order valence-corrected chi connectivity index (χ1v) is 11.1. The number of aryl methyl sites for hydroxylation is 2.